The van der Waals surface area contributed by atoms with Gasteiger partial charge in [0, 0.05) is 4.47 Å². The maximum atomic E-state index is 12.0. The monoisotopic (exact) mass is 358 g/mol. The third kappa shape index (κ3) is 4.36. The Morgan fingerprint density at radius 1 is 1.35 bits per heavy atom. The summed E-state index contributed by atoms with van der Waals surface area (Å²) < 4.78 is 44.0. The fourth-order valence-electron chi connectivity index (χ4n) is 1.36. The molecule has 0 fully saturated rings. The van der Waals surface area contributed by atoms with E-state index >= 15 is 0 Å². The van der Waals surface area contributed by atoms with Crippen LogP contribution in [0.15, 0.2) is 22.7 Å². The fourth-order valence-corrected chi connectivity index (χ4v) is 1.96. The highest BCUT2D eigenvalue weighted by Crippen LogP contribution is 2.32. The van der Waals surface area contributed by atoms with E-state index in [9.17, 15) is 28.2 Å². The van der Waals surface area contributed by atoms with Crippen molar-refractivity contribution in [3.63, 3.8) is 0 Å². The quantitative estimate of drug-likeness (QED) is 0.804. The van der Waals surface area contributed by atoms with Gasteiger partial charge in [0.1, 0.15) is 11.9 Å². The molecule has 20 heavy (non-hydrogen) atoms. The molecule has 2 N–H and O–H groups in total. The van der Waals surface area contributed by atoms with Crippen LogP contribution in [0, 0.1) is 0 Å². The van der Waals surface area contributed by atoms with E-state index in [1.165, 1.54) is 0 Å². The van der Waals surface area contributed by atoms with Gasteiger partial charge in [0.2, 0.25) is 0 Å². The van der Waals surface area contributed by atoms with Gasteiger partial charge in [0.15, 0.2) is 6.10 Å². The zero-order valence-electron chi connectivity index (χ0n) is 10.0. The Kier molecular flexibility index (Phi) is 5.37. The van der Waals surface area contributed by atoms with Gasteiger partial charge in [-0.15, -0.1) is 13.2 Å². The van der Waals surface area contributed by atoms with Crippen molar-refractivity contribution in [2.24, 2.45) is 0 Å². The molecule has 0 bridgehead atoms. The molecule has 0 heterocycles. The summed E-state index contributed by atoms with van der Waals surface area (Å²) in [4.78, 5) is 11.1. The van der Waals surface area contributed by atoms with Gasteiger partial charge in [0.25, 0.3) is 0 Å². The molecule has 112 valence electrons. The minimum Gasteiger partial charge on any atom is -0.467 e. The second-order valence-corrected chi connectivity index (χ2v) is 4.50. The lowest BCUT2D eigenvalue weighted by atomic mass is 10.0. The van der Waals surface area contributed by atoms with Crippen LogP contribution in [-0.4, -0.2) is 35.8 Å². The van der Waals surface area contributed by atoms with Crippen molar-refractivity contribution >= 4 is 21.9 Å². The number of alkyl halides is 3. The predicted octanol–water partition coefficient (Wildman–Crippen LogP) is 1.92. The first-order valence-electron chi connectivity index (χ1n) is 5.15. The van der Waals surface area contributed by atoms with Crippen molar-refractivity contribution in [1.82, 2.24) is 0 Å². The van der Waals surface area contributed by atoms with Crippen molar-refractivity contribution in [2.75, 3.05) is 7.11 Å². The number of rotatable bonds is 4. The average Bonchev–Trinajstić information content (AvgIpc) is 2.34. The standard InChI is InChI=1S/C11H10BrF3O5/c1-19-10(18)9(17)8(16)6-3-2-5(4-7(6)12)20-11(13,14)15/h2-4,8-9,16-17H,1H3. The van der Waals surface area contributed by atoms with E-state index in [1.807, 2.05) is 0 Å². The van der Waals surface area contributed by atoms with Gasteiger partial charge in [-0.2, -0.15) is 0 Å². The van der Waals surface area contributed by atoms with Crippen molar-refractivity contribution < 1.29 is 37.7 Å². The molecule has 0 aromatic heterocycles. The van der Waals surface area contributed by atoms with E-state index in [1.54, 1.807) is 0 Å². The largest absolute Gasteiger partial charge is 0.573 e. The van der Waals surface area contributed by atoms with Crippen LogP contribution in [0.3, 0.4) is 0 Å². The number of methoxy groups -OCH3 is 1. The molecule has 2 unspecified atom stereocenters. The van der Waals surface area contributed by atoms with Gasteiger partial charge in [-0.3, -0.25) is 0 Å². The molecule has 0 radical (unpaired) electrons. The third-order valence-electron chi connectivity index (χ3n) is 2.27. The Labute approximate surface area is 120 Å². The molecule has 9 heteroatoms. The van der Waals surface area contributed by atoms with E-state index in [2.05, 4.69) is 25.4 Å². The summed E-state index contributed by atoms with van der Waals surface area (Å²) >= 11 is 2.92. The van der Waals surface area contributed by atoms with Gasteiger partial charge in [-0.05, 0) is 17.7 Å². The van der Waals surface area contributed by atoms with E-state index < -0.39 is 30.3 Å². The van der Waals surface area contributed by atoms with Gasteiger partial charge in [0.05, 0.1) is 7.11 Å². The number of hydrogen-bond acceptors (Lipinski definition) is 5. The molecular formula is C11H10BrF3O5. The van der Waals surface area contributed by atoms with Crippen LogP contribution < -0.4 is 4.74 Å². The number of aliphatic hydroxyl groups excluding tert-OH is 2. The van der Waals surface area contributed by atoms with Gasteiger partial charge < -0.3 is 19.7 Å². The SMILES string of the molecule is COC(=O)C(O)C(O)c1ccc(OC(F)(F)F)cc1Br. The van der Waals surface area contributed by atoms with Crippen LogP contribution in [0.25, 0.3) is 0 Å². The lowest BCUT2D eigenvalue weighted by Gasteiger charge is -2.18. The number of carbonyl (C=O) groups excluding carboxylic acids is 1. The van der Waals surface area contributed by atoms with Crippen LogP contribution in [0.1, 0.15) is 11.7 Å². The molecule has 1 aromatic carbocycles. The molecule has 1 rings (SSSR count). The summed E-state index contributed by atoms with van der Waals surface area (Å²) in [6.07, 6.45) is -8.35. The number of carbonyl (C=O) groups is 1. The lowest BCUT2D eigenvalue weighted by Crippen LogP contribution is -2.29. The maximum Gasteiger partial charge on any atom is 0.573 e. The van der Waals surface area contributed by atoms with Crippen LogP contribution >= 0.6 is 15.9 Å². The molecule has 0 aliphatic heterocycles. The second-order valence-electron chi connectivity index (χ2n) is 3.64. The topological polar surface area (TPSA) is 76.0 Å². The van der Waals surface area contributed by atoms with Gasteiger partial charge in [-0.25, -0.2) is 4.79 Å². The predicted molar refractivity (Wildman–Crippen MR) is 63.8 cm³/mol. The number of halogens is 4. The number of benzene rings is 1. The van der Waals surface area contributed by atoms with Gasteiger partial charge >= 0.3 is 12.3 Å². The molecule has 0 spiro atoms. The summed E-state index contributed by atoms with van der Waals surface area (Å²) in [6, 6.07) is 2.98. The first-order chi connectivity index (χ1) is 9.15. The second kappa shape index (κ2) is 6.42. The highest BCUT2D eigenvalue weighted by molar-refractivity contribution is 9.10. The van der Waals surface area contributed by atoms with E-state index in [0.717, 1.165) is 25.3 Å². The molecule has 0 aliphatic carbocycles. The zero-order chi connectivity index (χ0) is 15.5. The Hall–Kier alpha value is -1.32. The summed E-state index contributed by atoms with van der Waals surface area (Å²) in [7, 11) is 1.02. The highest BCUT2D eigenvalue weighted by atomic mass is 79.9. The van der Waals surface area contributed by atoms with E-state index in [4.69, 9.17) is 0 Å². The number of aliphatic hydroxyl groups is 2. The first-order valence-corrected chi connectivity index (χ1v) is 5.94. The normalized spacial score (nSPS) is 14.6. The Balaban J connectivity index is 2.95. The van der Waals surface area contributed by atoms with Crippen LogP contribution in [0.5, 0.6) is 5.75 Å². The zero-order valence-corrected chi connectivity index (χ0v) is 11.6. The summed E-state index contributed by atoms with van der Waals surface area (Å²) in [5.41, 5.74) is 0.0115. The molecular weight excluding hydrogens is 349 g/mol. The molecule has 5 nitrogen and oxygen atoms in total. The van der Waals surface area contributed by atoms with E-state index in [-0.39, 0.29) is 10.0 Å². The molecule has 0 saturated carbocycles. The first kappa shape index (κ1) is 16.7. The summed E-state index contributed by atoms with van der Waals surface area (Å²) in [5.74, 6) is -1.58. The third-order valence-corrected chi connectivity index (χ3v) is 2.95. The van der Waals surface area contributed by atoms with Crippen molar-refractivity contribution in [3.8, 4) is 5.75 Å². The van der Waals surface area contributed by atoms with Crippen LogP contribution in [0.4, 0.5) is 13.2 Å². The van der Waals surface area contributed by atoms with Crippen LogP contribution in [-0.2, 0) is 9.53 Å². The fraction of sp³-hybridized carbons (Fsp3) is 0.364. The molecule has 0 saturated heterocycles. The van der Waals surface area contributed by atoms with Crippen molar-refractivity contribution in [2.45, 2.75) is 18.6 Å². The Morgan fingerprint density at radius 2 is 1.95 bits per heavy atom. The maximum absolute atomic E-state index is 12.0. The summed E-state index contributed by atoms with van der Waals surface area (Å²) in [6.45, 7) is 0. The highest BCUT2D eigenvalue weighted by Gasteiger charge is 2.32. The Morgan fingerprint density at radius 3 is 2.40 bits per heavy atom. The number of hydrogen-bond donors (Lipinski definition) is 2. The van der Waals surface area contributed by atoms with Gasteiger partial charge in [-0.1, -0.05) is 22.0 Å². The summed E-state index contributed by atoms with van der Waals surface area (Å²) in [5, 5.41) is 19.2. The molecule has 0 aliphatic rings. The van der Waals surface area contributed by atoms with Crippen LogP contribution in [0.2, 0.25) is 0 Å². The smallest absolute Gasteiger partial charge is 0.467 e. The minimum atomic E-state index is -4.84. The van der Waals surface area contributed by atoms with Crippen molar-refractivity contribution in [1.29, 1.82) is 0 Å². The lowest BCUT2D eigenvalue weighted by molar-refractivity contribution is -0.274. The Bertz CT molecular complexity index is 491. The van der Waals surface area contributed by atoms with E-state index in [0.29, 0.717) is 0 Å². The molecule has 2 atom stereocenters. The molecule has 1 aromatic rings. The minimum absolute atomic E-state index is 0.0115. The van der Waals surface area contributed by atoms with Crippen molar-refractivity contribution in [3.05, 3.63) is 28.2 Å². The number of ether oxygens (including phenoxy) is 2. The molecule has 0 amide bonds. The average molecular weight is 359 g/mol. The number of esters is 1.